The van der Waals surface area contributed by atoms with E-state index >= 15 is 0 Å². The Morgan fingerprint density at radius 3 is 2.79 bits per heavy atom. The van der Waals surface area contributed by atoms with Crippen LogP contribution in [0.5, 0.6) is 0 Å². The van der Waals surface area contributed by atoms with E-state index in [-0.39, 0.29) is 24.2 Å². The number of carbonyl (C=O) groups excluding carboxylic acids is 2. The lowest BCUT2D eigenvalue weighted by Crippen LogP contribution is -2.32. The standard InChI is InChI=1S/C19H19BrN2O2/c1-13-5-2-3-6-14(13)11-21-19(24)15-9-18(23)22(12-15)17-8-4-7-16(20)10-17/h2-8,10,15H,9,11-12H2,1H3,(H,21,24). The predicted octanol–water partition coefficient (Wildman–Crippen LogP) is 3.43. The molecule has 124 valence electrons. The minimum absolute atomic E-state index is 0.0101. The number of aryl methyl sites for hydroxylation is 1. The summed E-state index contributed by atoms with van der Waals surface area (Å²) in [4.78, 5) is 26.4. The van der Waals surface area contributed by atoms with Gasteiger partial charge in [-0.15, -0.1) is 0 Å². The van der Waals surface area contributed by atoms with Crippen molar-refractivity contribution in [1.29, 1.82) is 0 Å². The zero-order chi connectivity index (χ0) is 17.1. The summed E-state index contributed by atoms with van der Waals surface area (Å²) in [5.74, 6) is -0.381. The Hall–Kier alpha value is -2.14. The van der Waals surface area contributed by atoms with Gasteiger partial charge in [-0.3, -0.25) is 9.59 Å². The van der Waals surface area contributed by atoms with Crippen LogP contribution in [0.25, 0.3) is 0 Å². The molecule has 0 saturated carbocycles. The van der Waals surface area contributed by atoms with Crippen molar-refractivity contribution in [2.75, 3.05) is 11.4 Å². The maximum absolute atomic E-state index is 12.4. The van der Waals surface area contributed by atoms with E-state index in [9.17, 15) is 9.59 Å². The zero-order valence-electron chi connectivity index (χ0n) is 13.5. The molecule has 4 nitrogen and oxygen atoms in total. The minimum Gasteiger partial charge on any atom is -0.352 e. The number of nitrogens with zero attached hydrogens (tertiary/aromatic N) is 1. The molecule has 0 aromatic heterocycles. The van der Waals surface area contributed by atoms with Gasteiger partial charge in [-0.05, 0) is 36.2 Å². The number of amides is 2. The van der Waals surface area contributed by atoms with Crippen molar-refractivity contribution in [2.24, 2.45) is 5.92 Å². The minimum atomic E-state index is -0.305. The maximum Gasteiger partial charge on any atom is 0.227 e. The number of hydrogen-bond donors (Lipinski definition) is 1. The first-order valence-corrected chi connectivity index (χ1v) is 8.72. The van der Waals surface area contributed by atoms with E-state index in [4.69, 9.17) is 0 Å². The van der Waals surface area contributed by atoms with Crippen molar-refractivity contribution in [1.82, 2.24) is 5.32 Å². The lowest BCUT2D eigenvalue weighted by Gasteiger charge is -2.17. The SMILES string of the molecule is Cc1ccccc1CNC(=O)C1CC(=O)N(c2cccc(Br)c2)C1. The van der Waals surface area contributed by atoms with Gasteiger partial charge in [-0.2, -0.15) is 0 Å². The van der Waals surface area contributed by atoms with Crippen LogP contribution in [-0.2, 0) is 16.1 Å². The number of nitrogens with one attached hydrogen (secondary N) is 1. The van der Waals surface area contributed by atoms with Crippen LogP contribution in [-0.4, -0.2) is 18.4 Å². The van der Waals surface area contributed by atoms with Crippen LogP contribution in [0.4, 0.5) is 5.69 Å². The van der Waals surface area contributed by atoms with Gasteiger partial charge in [-0.1, -0.05) is 46.3 Å². The molecular formula is C19H19BrN2O2. The first-order chi connectivity index (χ1) is 11.5. The fourth-order valence-corrected chi connectivity index (χ4v) is 3.30. The number of carbonyl (C=O) groups is 2. The number of hydrogen-bond acceptors (Lipinski definition) is 2. The summed E-state index contributed by atoms with van der Waals surface area (Å²) in [7, 11) is 0. The second kappa shape index (κ2) is 7.18. The molecule has 2 aromatic carbocycles. The normalized spacial score (nSPS) is 17.2. The van der Waals surface area contributed by atoms with Crippen molar-refractivity contribution < 1.29 is 9.59 Å². The monoisotopic (exact) mass is 386 g/mol. The molecular weight excluding hydrogens is 368 g/mol. The largest absolute Gasteiger partial charge is 0.352 e. The highest BCUT2D eigenvalue weighted by Crippen LogP contribution is 2.27. The van der Waals surface area contributed by atoms with Gasteiger partial charge in [0, 0.05) is 29.7 Å². The molecule has 0 spiro atoms. The summed E-state index contributed by atoms with van der Waals surface area (Å²) in [6, 6.07) is 15.5. The van der Waals surface area contributed by atoms with Crippen molar-refractivity contribution in [3.05, 3.63) is 64.1 Å². The van der Waals surface area contributed by atoms with Crippen LogP contribution in [0.2, 0.25) is 0 Å². The fourth-order valence-electron chi connectivity index (χ4n) is 2.91. The van der Waals surface area contributed by atoms with Gasteiger partial charge in [-0.25, -0.2) is 0 Å². The molecule has 1 N–H and O–H groups in total. The van der Waals surface area contributed by atoms with Crippen LogP contribution in [0.3, 0.4) is 0 Å². The molecule has 2 amide bonds. The van der Waals surface area contributed by atoms with E-state index in [0.29, 0.717) is 13.1 Å². The second-order valence-electron chi connectivity index (χ2n) is 6.03. The Labute approximate surface area is 150 Å². The Balaban J connectivity index is 1.63. The zero-order valence-corrected chi connectivity index (χ0v) is 15.0. The van der Waals surface area contributed by atoms with Crippen molar-refractivity contribution >= 4 is 33.4 Å². The second-order valence-corrected chi connectivity index (χ2v) is 6.95. The first kappa shape index (κ1) is 16.7. The Bertz CT molecular complexity index is 775. The van der Waals surface area contributed by atoms with Crippen molar-refractivity contribution in [2.45, 2.75) is 19.9 Å². The maximum atomic E-state index is 12.4. The molecule has 3 rings (SSSR count). The molecule has 5 heteroatoms. The van der Waals surface area contributed by atoms with Crippen LogP contribution in [0.15, 0.2) is 53.0 Å². The molecule has 1 aliphatic heterocycles. The highest BCUT2D eigenvalue weighted by Gasteiger charge is 2.35. The summed E-state index contributed by atoms with van der Waals surface area (Å²) in [5, 5.41) is 2.96. The molecule has 0 radical (unpaired) electrons. The van der Waals surface area contributed by atoms with Gasteiger partial charge in [0.25, 0.3) is 0 Å². The molecule has 0 aliphatic carbocycles. The van der Waals surface area contributed by atoms with E-state index in [1.54, 1.807) is 4.90 Å². The molecule has 2 aromatic rings. The summed E-state index contributed by atoms with van der Waals surface area (Å²) in [6.07, 6.45) is 0.256. The quantitative estimate of drug-likeness (QED) is 0.874. The Morgan fingerprint density at radius 2 is 2.04 bits per heavy atom. The molecule has 24 heavy (non-hydrogen) atoms. The van der Waals surface area contributed by atoms with Gasteiger partial charge in [0.2, 0.25) is 11.8 Å². The van der Waals surface area contributed by atoms with E-state index in [2.05, 4.69) is 21.2 Å². The average molecular weight is 387 g/mol. The van der Waals surface area contributed by atoms with Gasteiger partial charge in [0.05, 0.1) is 5.92 Å². The Kier molecular flexibility index (Phi) is 5.00. The van der Waals surface area contributed by atoms with E-state index in [0.717, 1.165) is 21.3 Å². The fraction of sp³-hybridized carbons (Fsp3) is 0.263. The summed E-state index contributed by atoms with van der Waals surface area (Å²) in [6.45, 7) is 2.94. The lowest BCUT2D eigenvalue weighted by atomic mass is 10.1. The number of halogens is 1. The van der Waals surface area contributed by atoms with Gasteiger partial charge < -0.3 is 10.2 Å². The van der Waals surface area contributed by atoms with Crippen LogP contribution in [0.1, 0.15) is 17.5 Å². The summed E-state index contributed by atoms with van der Waals surface area (Å²) >= 11 is 3.41. The molecule has 1 aliphatic rings. The molecule has 1 saturated heterocycles. The molecule has 1 atom stereocenters. The first-order valence-electron chi connectivity index (χ1n) is 7.93. The summed E-state index contributed by atoms with van der Waals surface area (Å²) in [5.41, 5.74) is 3.07. The number of benzene rings is 2. The van der Waals surface area contributed by atoms with Gasteiger partial charge in [0.15, 0.2) is 0 Å². The molecule has 0 bridgehead atoms. The smallest absolute Gasteiger partial charge is 0.227 e. The molecule has 1 fully saturated rings. The van der Waals surface area contributed by atoms with Crippen molar-refractivity contribution in [3.63, 3.8) is 0 Å². The van der Waals surface area contributed by atoms with Gasteiger partial charge in [0.1, 0.15) is 0 Å². The number of anilines is 1. The Morgan fingerprint density at radius 1 is 1.25 bits per heavy atom. The lowest BCUT2D eigenvalue weighted by molar-refractivity contribution is -0.126. The van der Waals surface area contributed by atoms with Crippen LogP contribution < -0.4 is 10.2 Å². The number of rotatable bonds is 4. The third-order valence-corrected chi connectivity index (χ3v) is 4.82. The van der Waals surface area contributed by atoms with Crippen molar-refractivity contribution in [3.8, 4) is 0 Å². The summed E-state index contributed by atoms with van der Waals surface area (Å²) < 4.78 is 0.917. The van der Waals surface area contributed by atoms with Crippen LogP contribution in [0, 0.1) is 12.8 Å². The average Bonchev–Trinajstić information content (AvgIpc) is 2.96. The topological polar surface area (TPSA) is 49.4 Å². The van der Waals surface area contributed by atoms with E-state index in [1.807, 2.05) is 55.5 Å². The molecule has 1 heterocycles. The third kappa shape index (κ3) is 3.67. The van der Waals surface area contributed by atoms with E-state index < -0.39 is 0 Å². The van der Waals surface area contributed by atoms with Gasteiger partial charge >= 0.3 is 0 Å². The highest BCUT2D eigenvalue weighted by atomic mass is 79.9. The van der Waals surface area contributed by atoms with E-state index in [1.165, 1.54) is 0 Å². The predicted molar refractivity (Wildman–Crippen MR) is 97.6 cm³/mol. The van der Waals surface area contributed by atoms with Crippen LogP contribution >= 0.6 is 15.9 Å². The third-order valence-electron chi connectivity index (χ3n) is 4.33. The molecule has 1 unspecified atom stereocenters. The highest BCUT2D eigenvalue weighted by molar-refractivity contribution is 9.10.